The van der Waals surface area contributed by atoms with Crippen LogP contribution in [0.15, 0.2) is 0 Å². The van der Waals surface area contributed by atoms with Crippen molar-refractivity contribution in [1.82, 2.24) is 15.1 Å². The van der Waals surface area contributed by atoms with E-state index in [1.54, 1.807) is 7.11 Å². The van der Waals surface area contributed by atoms with Crippen LogP contribution in [0.4, 0.5) is 0 Å². The molecule has 0 radical (unpaired) electrons. The Kier molecular flexibility index (Phi) is 5.03. The van der Waals surface area contributed by atoms with E-state index in [1.807, 2.05) is 0 Å². The smallest absolute Gasteiger partial charge is 0.0587 e. The molecule has 0 aliphatic carbocycles. The Morgan fingerprint density at radius 2 is 2.19 bits per heavy atom. The predicted molar refractivity (Wildman–Crippen MR) is 65.8 cm³/mol. The lowest BCUT2D eigenvalue weighted by Crippen LogP contribution is -2.51. The highest BCUT2D eigenvalue weighted by molar-refractivity contribution is 4.86. The number of piperazine rings is 1. The van der Waals surface area contributed by atoms with Crippen molar-refractivity contribution in [3.05, 3.63) is 0 Å². The molecule has 4 heteroatoms. The maximum absolute atomic E-state index is 5.01. The molecule has 2 saturated heterocycles. The quantitative estimate of drug-likeness (QED) is 0.647. The number of nitrogens with zero attached hydrogens (tertiary/aromatic N) is 2. The average Bonchev–Trinajstić information content (AvgIpc) is 2.76. The number of ether oxygens (including phenoxy) is 1. The van der Waals surface area contributed by atoms with Gasteiger partial charge in [0, 0.05) is 52.4 Å². The normalized spacial score (nSPS) is 27.2. The molecule has 1 atom stereocenters. The first-order chi connectivity index (χ1) is 7.90. The molecule has 4 nitrogen and oxygen atoms in total. The monoisotopic (exact) mass is 227 g/mol. The summed E-state index contributed by atoms with van der Waals surface area (Å²) in [6.07, 6.45) is 2.82. The number of fused-ring (bicyclic) bond motifs is 1. The van der Waals surface area contributed by atoms with Gasteiger partial charge in [-0.05, 0) is 19.4 Å². The summed E-state index contributed by atoms with van der Waals surface area (Å²) in [5, 5.41) is 3.41. The largest absolute Gasteiger partial charge is 0.383 e. The van der Waals surface area contributed by atoms with Gasteiger partial charge >= 0.3 is 0 Å². The maximum atomic E-state index is 5.01. The highest BCUT2D eigenvalue weighted by atomic mass is 16.5. The van der Waals surface area contributed by atoms with Crippen LogP contribution in [0.1, 0.15) is 12.8 Å². The van der Waals surface area contributed by atoms with E-state index in [0.717, 1.165) is 25.7 Å². The molecule has 0 aromatic heterocycles. The molecule has 0 spiro atoms. The van der Waals surface area contributed by atoms with Crippen molar-refractivity contribution >= 4 is 0 Å². The summed E-state index contributed by atoms with van der Waals surface area (Å²) in [5.74, 6) is 0. The molecule has 0 aromatic carbocycles. The number of hydrogen-bond acceptors (Lipinski definition) is 4. The molecule has 16 heavy (non-hydrogen) atoms. The second kappa shape index (κ2) is 6.55. The summed E-state index contributed by atoms with van der Waals surface area (Å²) in [6.45, 7) is 9.22. The molecule has 0 bridgehead atoms. The summed E-state index contributed by atoms with van der Waals surface area (Å²) < 4.78 is 5.01. The number of hydrogen-bond donors (Lipinski definition) is 1. The van der Waals surface area contributed by atoms with Crippen LogP contribution in [0.25, 0.3) is 0 Å². The maximum Gasteiger partial charge on any atom is 0.0587 e. The zero-order valence-electron chi connectivity index (χ0n) is 10.5. The van der Waals surface area contributed by atoms with Crippen LogP contribution in [-0.2, 0) is 4.74 Å². The summed E-state index contributed by atoms with van der Waals surface area (Å²) in [5.41, 5.74) is 0. The molecule has 2 aliphatic rings. The second-order valence-corrected chi connectivity index (χ2v) is 4.88. The van der Waals surface area contributed by atoms with Gasteiger partial charge in [0.15, 0.2) is 0 Å². The van der Waals surface area contributed by atoms with Crippen molar-refractivity contribution in [2.75, 3.05) is 59.5 Å². The molecule has 94 valence electrons. The SMILES string of the molecule is COCCNCCN1CCN2CCCC2C1. The van der Waals surface area contributed by atoms with Crippen LogP contribution < -0.4 is 5.32 Å². The van der Waals surface area contributed by atoms with Crippen LogP contribution in [0.5, 0.6) is 0 Å². The van der Waals surface area contributed by atoms with Gasteiger partial charge in [-0.2, -0.15) is 0 Å². The van der Waals surface area contributed by atoms with Crippen LogP contribution in [-0.4, -0.2) is 75.4 Å². The molecule has 1 unspecified atom stereocenters. The van der Waals surface area contributed by atoms with E-state index in [1.165, 1.54) is 45.6 Å². The molecule has 2 heterocycles. The van der Waals surface area contributed by atoms with E-state index in [9.17, 15) is 0 Å². The van der Waals surface area contributed by atoms with Gasteiger partial charge in [0.2, 0.25) is 0 Å². The Morgan fingerprint density at radius 1 is 1.25 bits per heavy atom. The first-order valence-corrected chi connectivity index (χ1v) is 6.56. The standard InChI is InChI=1S/C12H25N3O/c1-16-10-5-13-4-7-14-8-9-15-6-2-3-12(15)11-14/h12-13H,2-11H2,1H3. The van der Waals surface area contributed by atoms with Crippen LogP contribution in [0.2, 0.25) is 0 Å². The fraction of sp³-hybridized carbons (Fsp3) is 1.00. The van der Waals surface area contributed by atoms with Gasteiger partial charge in [0.1, 0.15) is 0 Å². The molecular formula is C12H25N3O. The van der Waals surface area contributed by atoms with E-state index >= 15 is 0 Å². The fourth-order valence-electron chi connectivity index (χ4n) is 2.79. The van der Waals surface area contributed by atoms with Crippen molar-refractivity contribution < 1.29 is 4.74 Å². The third-order valence-corrected chi connectivity index (χ3v) is 3.76. The lowest BCUT2D eigenvalue weighted by atomic mass is 10.1. The van der Waals surface area contributed by atoms with Gasteiger partial charge in [-0.3, -0.25) is 9.80 Å². The molecule has 0 amide bonds. The molecule has 2 aliphatic heterocycles. The minimum Gasteiger partial charge on any atom is -0.383 e. The van der Waals surface area contributed by atoms with Gasteiger partial charge in [0.05, 0.1) is 6.61 Å². The first kappa shape index (κ1) is 12.3. The molecule has 0 saturated carbocycles. The van der Waals surface area contributed by atoms with E-state index in [0.29, 0.717) is 0 Å². The van der Waals surface area contributed by atoms with Gasteiger partial charge in [0.25, 0.3) is 0 Å². The summed E-state index contributed by atoms with van der Waals surface area (Å²) in [4.78, 5) is 5.27. The Labute approximate surface area is 98.9 Å². The minimum atomic E-state index is 0.816. The lowest BCUT2D eigenvalue weighted by molar-refractivity contribution is 0.104. The third kappa shape index (κ3) is 3.42. The zero-order chi connectivity index (χ0) is 11.2. The Morgan fingerprint density at radius 3 is 3.06 bits per heavy atom. The second-order valence-electron chi connectivity index (χ2n) is 4.88. The fourth-order valence-corrected chi connectivity index (χ4v) is 2.79. The van der Waals surface area contributed by atoms with Crippen molar-refractivity contribution in [2.24, 2.45) is 0 Å². The van der Waals surface area contributed by atoms with E-state index < -0.39 is 0 Å². The molecule has 2 fully saturated rings. The van der Waals surface area contributed by atoms with E-state index in [-0.39, 0.29) is 0 Å². The minimum absolute atomic E-state index is 0.816. The number of rotatable bonds is 6. The predicted octanol–water partition coefficient (Wildman–Crippen LogP) is 0.00240. The summed E-state index contributed by atoms with van der Waals surface area (Å²) >= 11 is 0. The van der Waals surface area contributed by atoms with Crippen molar-refractivity contribution in [3.63, 3.8) is 0 Å². The topological polar surface area (TPSA) is 27.7 Å². The van der Waals surface area contributed by atoms with Gasteiger partial charge in [-0.15, -0.1) is 0 Å². The van der Waals surface area contributed by atoms with Crippen molar-refractivity contribution in [1.29, 1.82) is 0 Å². The van der Waals surface area contributed by atoms with Crippen molar-refractivity contribution in [2.45, 2.75) is 18.9 Å². The molecule has 1 N–H and O–H groups in total. The van der Waals surface area contributed by atoms with Crippen LogP contribution in [0.3, 0.4) is 0 Å². The highest BCUT2D eigenvalue weighted by Gasteiger charge is 2.29. The van der Waals surface area contributed by atoms with Gasteiger partial charge < -0.3 is 10.1 Å². The molecular weight excluding hydrogens is 202 g/mol. The zero-order valence-corrected chi connectivity index (χ0v) is 10.5. The van der Waals surface area contributed by atoms with Crippen LogP contribution >= 0.6 is 0 Å². The third-order valence-electron chi connectivity index (χ3n) is 3.76. The average molecular weight is 227 g/mol. The number of nitrogens with one attached hydrogen (secondary N) is 1. The first-order valence-electron chi connectivity index (χ1n) is 6.56. The summed E-state index contributed by atoms with van der Waals surface area (Å²) in [6, 6.07) is 0.854. The highest BCUT2D eigenvalue weighted by Crippen LogP contribution is 2.20. The lowest BCUT2D eigenvalue weighted by Gasteiger charge is -2.37. The van der Waals surface area contributed by atoms with Crippen molar-refractivity contribution in [3.8, 4) is 0 Å². The molecule has 0 aromatic rings. The molecule has 2 rings (SSSR count). The Hall–Kier alpha value is -0.160. The van der Waals surface area contributed by atoms with Crippen LogP contribution in [0, 0.1) is 0 Å². The van der Waals surface area contributed by atoms with Gasteiger partial charge in [-0.25, -0.2) is 0 Å². The summed E-state index contributed by atoms with van der Waals surface area (Å²) in [7, 11) is 1.75. The van der Waals surface area contributed by atoms with E-state index in [2.05, 4.69) is 15.1 Å². The Bertz CT molecular complexity index is 201. The number of methoxy groups -OCH3 is 1. The van der Waals surface area contributed by atoms with E-state index in [4.69, 9.17) is 4.74 Å². The Balaban J connectivity index is 1.56. The van der Waals surface area contributed by atoms with Gasteiger partial charge in [-0.1, -0.05) is 0 Å².